The van der Waals surface area contributed by atoms with Crippen molar-refractivity contribution in [1.82, 2.24) is 14.8 Å². The Kier molecular flexibility index (Phi) is 6.13. The fourth-order valence-electron chi connectivity index (χ4n) is 2.59. The minimum atomic E-state index is -0.340. The molecule has 0 aliphatic carbocycles. The molecule has 1 heterocycles. The zero-order valence-electron chi connectivity index (χ0n) is 15.5. The van der Waals surface area contributed by atoms with Crippen LogP contribution in [0.25, 0.3) is 0 Å². The highest BCUT2D eigenvalue weighted by molar-refractivity contribution is 8.00. The van der Waals surface area contributed by atoms with Crippen LogP contribution in [0, 0.1) is 6.92 Å². The third-order valence-corrected chi connectivity index (χ3v) is 5.18. The molecule has 6 nitrogen and oxygen atoms in total. The first-order valence-corrected chi connectivity index (χ1v) is 9.50. The van der Waals surface area contributed by atoms with Gasteiger partial charge in [0.2, 0.25) is 5.91 Å². The topological polar surface area (TPSA) is 69.0 Å². The number of carbonyl (C=O) groups is 1. The van der Waals surface area contributed by atoms with Crippen LogP contribution in [-0.4, -0.2) is 33.0 Å². The van der Waals surface area contributed by atoms with Crippen LogP contribution in [0.3, 0.4) is 0 Å². The van der Waals surface area contributed by atoms with Crippen molar-refractivity contribution >= 4 is 23.4 Å². The lowest BCUT2D eigenvalue weighted by Gasteiger charge is -2.14. The smallest absolute Gasteiger partial charge is 0.237 e. The predicted octanol–water partition coefficient (Wildman–Crippen LogP) is 3.76. The van der Waals surface area contributed by atoms with Crippen molar-refractivity contribution in [3.8, 4) is 5.75 Å². The highest BCUT2D eigenvalue weighted by Crippen LogP contribution is 2.27. The van der Waals surface area contributed by atoms with Gasteiger partial charge in [0.1, 0.15) is 11.6 Å². The van der Waals surface area contributed by atoms with Crippen molar-refractivity contribution in [2.24, 2.45) is 0 Å². The maximum absolute atomic E-state index is 12.6. The van der Waals surface area contributed by atoms with Gasteiger partial charge in [-0.1, -0.05) is 54.2 Å². The number of aromatic nitrogens is 3. The molecule has 0 unspecified atom stereocenters. The van der Waals surface area contributed by atoms with Crippen molar-refractivity contribution in [2.75, 3.05) is 12.4 Å². The molecule has 1 atom stereocenters. The van der Waals surface area contributed by atoms with Crippen molar-refractivity contribution in [3.63, 3.8) is 0 Å². The molecule has 27 heavy (non-hydrogen) atoms. The molecule has 0 bridgehead atoms. The van der Waals surface area contributed by atoms with Crippen LogP contribution >= 0.6 is 11.8 Å². The zero-order chi connectivity index (χ0) is 19.2. The average molecular weight is 382 g/mol. The van der Waals surface area contributed by atoms with Gasteiger partial charge in [0, 0.05) is 0 Å². The lowest BCUT2D eigenvalue weighted by Crippen LogP contribution is -2.23. The Morgan fingerprint density at radius 1 is 1.15 bits per heavy atom. The zero-order valence-corrected chi connectivity index (χ0v) is 16.4. The first-order chi connectivity index (χ1) is 13.1. The van der Waals surface area contributed by atoms with Crippen LogP contribution in [-0.2, 0) is 11.3 Å². The van der Waals surface area contributed by atoms with Gasteiger partial charge >= 0.3 is 0 Å². The fraction of sp³-hybridized carbons (Fsp3) is 0.250. The second-order valence-electron chi connectivity index (χ2n) is 6.05. The molecule has 0 fully saturated rings. The first-order valence-electron chi connectivity index (χ1n) is 8.62. The van der Waals surface area contributed by atoms with Crippen molar-refractivity contribution < 1.29 is 9.53 Å². The third-order valence-electron chi connectivity index (χ3n) is 4.10. The molecule has 0 saturated carbocycles. The third kappa shape index (κ3) is 4.68. The van der Waals surface area contributed by atoms with Crippen LogP contribution < -0.4 is 10.1 Å². The number of nitrogens with one attached hydrogen (secondary N) is 1. The number of aryl methyl sites for hydroxylation is 1. The van der Waals surface area contributed by atoms with Gasteiger partial charge in [0.15, 0.2) is 5.16 Å². The summed E-state index contributed by atoms with van der Waals surface area (Å²) in [6.45, 7) is 4.44. The van der Waals surface area contributed by atoms with E-state index in [0.717, 1.165) is 16.5 Å². The van der Waals surface area contributed by atoms with Crippen molar-refractivity contribution in [2.45, 2.75) is 30.8 Å². The normalized spacial score (nSPS) is 11.8. The number of nitrogens with zero attached hydrogens (tertiary/aromatic N) is 3. The summed E-state index contributed by atoms with van der Waals surface area (Å²) in [5.41, 5.74) is 1.81. The number of hydrogen-bond acceptors (Lipinski definition) is 5. The van der Waals surface area contributed by atoms with Crippen LogP contribution in [0.5, 0.6) is 5.75 Å². The molecular weight excluding hydrogens is 360 g/mol. The molecule has 3 rings (SSSR count). The van der Waals surface area contributed by atoms with Gasteiger partial charge in [-0.05, 0) is 31.5 Å². The molecule has 1 aromatic heterocycles. The highest BCUT2D eigenvalue weighted by Gasteiger charge is 2.20. The van der Waals surface area contributed by atoms with E-state index in [4.69, 9.17) is 4.74 Å². The minimum Gasteiger partial charge on any atom is -0.495 e. The maximum Gasteiger partial charge on any atom is 0.237 e. The summed E-state index contributed by atoms with van der Waals surface area (Å²) in [6.07, 6.45) is 0. The fourth-order valence-corrected chi connectivity index (χ4v) is 3.48. The average Bonchev–Trinajstić information content (AvgIpc) is 3.02. The molecule has 140 valence electrons. The molecule has 7 heteroatoms. The van der Waals surface area contributed by atoms with E-state index in [-0.39, 0.29) is 11.2 Å². The summed E-state index contributed by atoms with van der Waals surface area (Å²) in [7, 11) is 1.58. The monoisotopic (exact) mass is 382 g/mol. The number of thioether (sulfide) groups is 1. The quantitative estimate of drug-likeness (QED) is 0.630. The van der Waals surface area contributed by atoms with Gasteiger partial charge in [-0.3, -0.25) is 4.79 Å². The number of methoxy groups -OCH3 is 1. The molecule has 0 saturated heterocycles. The molecule has 2 aromatic carbocycles. The Morgan fingerprint density at radius 2 is 1.85 bits per heavy atom. The number of carbonyl (C=O) groups excluding carboxylic acids is 1. The van der Waals surface area contributed by atoms with Gasteiger partial charge in [-0.25, -0.2) is 0 Å². The molecule has 0 aliphatic heterocycles. The second-order valence-corrected chi connectivity index (χ2v) is 7.36. The number of rotatable bonds is 7. The summed E-state index contributed by atoms with van der Waals surface area (Å²) in [5, 5.41) is 11.7. The first kappa shape index (κ1) is 19.0. The predicted molar refractivity (Wildman–Crippen MR) is 107 cm³/mol. The van der Waals surface area contributed by atoms with E-state index in [1.807, 2.05) is 60.9 Å². The van der Waals surface area contributed by atoms with Gasteiger partial charge in [0.25, 0.3) is 0 Å². The Labute approximate surface area is 163 Å². The number of amides is 1. The van der Waals surface area contributed by atoms with E-state index < -0.39 is 0 Å². The van der Waals surface area contributed by atoms with Crippen LogP contribution in [0.15, 0.2) is 59.8 Å². The van der Waals surface area contributed by atoms with Crippen LogP contribution in [0.1, 0.15) is 18.3 Å². The maximum atomic E-state index is 12.6. The largest absolute Gasteiger partial charge is 0.495 e. The van der Waals surface area contributed by atoms with E-state index >= 15 is 0 Å². The Morgan fingerprint density at radius 3 is 2.59 bits per heavy atom. The van der Waals surface area contributed by atoms with Gasteiger partial charge < -0.3 is 14.6 Å². The standard InChI is InChI=1S/C20H22N4O2S/c1-14(19(25)21-17-11-7-8-12-18(17)26-3)27-20-23-22-15(2)24(20)13-16-9-5-4-6-10-16/h4-12,14H,13H2,1-3H3,(H,21,25)/t14-/m1/s1. The lowest BCUT2D eigenvalue weighted by atomic mass is 10.2. The molecule has 1 N–H and O–H groups in total. The summed E-state index contributed by atoms with van der Waals surface area (Å²) in [4.78, 5) is 12.6. The molecule has 0 aliphatic rings. The molecule has 3 aromatic rings. The molecule has 0 spiro atoms. The van der Waals surface area contributed by atoms with E-state index in [0.29, 0.717) is 18.0 Å². The Hall–Kier alpha value is -2.80. The van der Waals surface area contributed by atoms with Crippen LogP contribution in [0.2, 0.25) is 0 Å². The number of anilines is 1. The van der Waals surface area contributed by atoms with E-state index in [1.165, 1.54) is 11.8 Å². The SMILES string of the molecule is COc1ccccc1NC(=O)[C@@H](C)Sc1nnc(C)n1Cc1ccccc1. The lowest BCUT2D eigenvalue weighted by molar-refractivity contribution is -0.115. The minimum absolute atomic E-state index is 0.114. The number of hydrogen-bond donors (Lipinski definition) is 1. The van der Waals surface area contributed by atoms with E-state index in [1.54, 1.807) is 7.11 Å². The van der Waals surface area contributed by atoms with E-state index in [2.05, 4.69) is 27.6 Å². The molecular formula is C20H22N4O2S. The van der Waals surface area contributed by atoms with Crippen molar-refractivity contribution in [1.29, 1.82) is 0 Å². The number of benzene rings is 2. The van der Waals surface area contributed by atoms with Gasteiger partial charge in [-0.15, -0.1) is 10.2 Å². The summed E-state index contributed by atoms with van der Waals surface area (Å²) >= 11 is 1.39. The Bertz CT molecular complexity index is 911. The summed E-state index contributed by atoms with van der Waals surface area (Å²) in [6, 6.07) is 17.5. The van der Waals surface area contributed by atoms with Crippen molar-refractivity contribution in [3.05, 3.63) is 66.0 Å². The van der Waals surface area contributed by atoms with Crippen LogP contribution in [0.4, 0.5) is 5.69 Å². The van der Waals surface area contributed by atoms with Gasteiger partial charge in [-0.2, -0.15) is 0 Å². The molecule has 0 radical (unpaired) electrons. The number of para-hydroxylation sites is 2. The number of ether oxygens (including phenoxy) is 1. The van der Waals surface area contributed by atoms with E-state index in [9.17, 15) is 4.79 Å². The Balaban J connectivity index is 1.70. The summed E-state index contributed by atoms with van der Waals surface area (Å²) < 4.78 is 7.31. The van der Waals surface area contributed by atoms with Gasteiger partial charge in [0.05, 0.1) is 24.6 Å². The summed E-state index contributed by atoms with van der Waals surface area (Å²) in [5.74, 6) is 1.33. The second kappa shape index (κ2) is 8.73. The highest BCUT2D eigenvalue weighted by atomic mass is 32.2. The molecule has 1 amide bonds.